The van der Waals surface area contributed by atoms with Crippen molar-refractivity contribution in [2.75, 3.05) is 33.3 Å². The molecule has 0 saturated carbocycles. The van der Waals surface area contributed by atoms with E-state index in [1.54, 1.807) is 11.6 Å². The molecule has 3 aromatic rings. The lowest BCUT2D eigenvalue weighted by Crippen LogP contribution is -2.55. The SMILES string of the molecule is COc1cc(-c2nnn(C3CN(C4CCN(C#N)CC4)C3)c2C)cn2ncc(C#N)c12. The van der Waals surface area contributed by atoms with Crippen LogP contribution in [0.5, 0.6) is 5.75 Å². The molecule has 2 saturated heterocycles. The van der Waals surface area contributed by atoms with Crippen LogP contribution < -0.4 is 4.74 Å². The van der Waals surface area contributed by atoms with Gasteiger partial charge in [0, 0.05) is 44.0 Å². The molecule has 2 aliphatic heterocycles. The van der Waals surface area contributed by atoms with Gasteiger partial charge in [0.05, 0.1) is 25.0 Å². The van der Waals surface area contributed by atoms with Gasteiger partial charge < -0.3 is 9.64 Å². The molecule has 10 heteroatoms. The van der Waals surface area contributed by atoms with Crippen LogP contribution in [0.1, 0.15) is 30.1 Å². The Kier molecular flexibility index (Phi) is 4.72. The second-order valence-corrected chi connectivity index (χ2v) is 8.15. The number of hydrogen-bond donors (Lipinski definition) is 0. The molecule has 0 unspecified atom stereocenters. The summed E-state index contributed by atoms with van der Waals surface area (Å²) >= 11 is 0. The molecule has 5 rings (SSSR count). The highest BCUT2D eigenvalue weighted by molar-refractivity contribution is 5.74. The zero-order chi connectivity index (χ0) is 21.5. The van der Waals surface area contributed by atoms with Crippen LogP contribution in [0.15, 0.2) is 18.5 Å². The van der Waals surface area contributed by atoms with Crippen molar-refractivity contribution in [3.8, 4) is 29.3 Å². The summed E-state index contributed by atoms with van der Waals surface area (Å²) in [4.78, 5) is 4.33. The number of nitrogens with zero attached hydrogens (tertiary/aromatic N) is 9. The van der Waals surface area contributed by atoms with E-state index in [9.17, 15) is 5.26 Å². The van der Waals surface area contributed by atoms with Crippen LogP contribution in [0.2, 0.25) is 0 Å². The van der Waals surface area contributed by atoms with Crippen molar-refractivity contribution < 1.29 is 4.74 Å². The van der Waals surface area contributed by atoms with E-state index < -0.39 is 0 Å². The Morgan fingerprint density at radius 2 is 1.94 bits per heavy atom. The quantitative estimate of drug-likeness (QED) is 0.588. The van der Waals surface area contributed by atoms with E-state index in [2.05, 4.69) is 32.6 Å². The summed E-state index contributed by atoms with van der Waals surface area (Å²) in [6, 6.07) is 4.88. The Balaban J connectivity index is 1.35. The lowest BCUT2D eigenvalue weighted by atomic mass is 9.97. The minimum absolute atomic E-state index is 0.302. The Morgan fingerprint density at radius 3 is 2.61 bits per heavy atom. The summed E-state index contributed by atoms with van der Waals surface area (Å²) in [6.45, 7) is 5.63. The zero-order valence-electron chi connectivity index (χ0n) is 17.6. The highest BCUT2D eigenvalue weighted by atomic mass is 16.5. The fraction of sp³-hybridized carbons (Fsp3) is 0.476. The zero-order valence-corrected chi connectivity index (χ0v) is 17.6. The predicted octanol–water partition coefficient (Wildman–Crippen LogP) is 1.58. The van der Waals surface area contributed by atoms with Gasteiger partial charge in [-0.1, -0.05) is 5.21 Å². The molecule has 0 aromatic carbocycles. The van der Waals surface area contributed by atoms with Gasteiger partial charge in [-0.2, -0.15) is 15.6 Å². The normalized spacial score (nSPS) is 18.0. The molecular formula is C21H23N9O. The number of hydrogen-bond acceptors (Lipinski definition) is 8. The Labute approximate surface area is 179 Å². The maximum atomic E-state index is 9.31. The first-order chi connectivity index (χ1) is 15.1. The third-order valence-corrected chi connectivity index (χ3v) is 6.48. The summed E-state index contributed by atoms with van der Waals surface area (Å²) in [5.41, 5.74) is 3.75. The van der Waals surface area contributed by atoms with Gasteiger partial charge in [0.2, 0.25) is 0 Å². The van der Waals surface area contributed by atoms with E-state index in [0.29, 0.717) is 28.9 Å². The van der Waals surface area contributed by atoms with Crippen LogP contribution in [0.4, 0.5) is 0 Å². The van der Waals surface area contributed by atoms with Gasteiger partial charge >= 0.3 is 0 Å². The second kappa shape index (κ2) is 7.56. The smallest absolute Gasteiger partial charge is 0.179 e. The monoisotopic (exact) mass is 417 g/mol. The van der Waals surface area contributed by atoms with Crippen molar-refractivity contribution in [3.63, 3.8) is 0 Å². The first kappa shape index (κ1) is 19.3. The van der Waals surface area contributed by atoms with Crippen molar-refractivity contribution in [2.24, 2.45) is 0 Å². The molecule has 31 heavy (non-hydrogen) atoms. The molecule has 0 amide bonds. The van der Waals surface area contributed by atoms with E-state index in [1.807, 2.05) is 28.8 Å². The van der Waals surface area contributed by atoms with E-state index in [4.69, 9.17) is 10.00 Å². The number of piperidine rings is 1. The molecular weight excluding hydrogens is 394 g/mol. The lowest BCUT2D eigenvalue weighted by molar-refractivity contribution is 0.0265. The molecule has 10 nitrogen and oxygen atoms in total. The number of aromatic nitrogens is 5. The van der Waals surface area contributed by atoms with E-state index in [-0.39, 0.29) is 0 Å². The molecule has 3 aromatic heterocycles. The van der Waals surface area contributed by atoms with Gasteiger partial charge in [-0.25, -0.2) is 9.20 Å². The van der Waals surface area contributed by atoms with Crippen molar-refractivity contribution in [3.05, 3.63) is 29.7 Å². The van der Waals surface area contributed by atoms with Crippen molar-refractivity contribution >= 4 is 5.52 Å². The van der Waals surface area contributed by atoms with Crippen LogP contribution >= 0.6 is 0 Å². The lowest BCUT2D eigenvalue weighted by Gasteiger charge is -2.46. The molecule has 0 aliphatic carbocycles. The summed E-state index contributed by atoms with van der Waals surface area (Å²) in [6.07, 6.45) is 7.72. The first-order valence-corrected chi connectivity index (χ1v) is 10.4. The minimum Gasteiger partial charge on any atom is -0.494 e. The highest BCUT2D eigenvalue weighted by Crippen LogP contribution is 2.33. The topological polar surface area (TPSA) is 111 Å². The number of ether oxygens (including phenoxy) is 1. The summed E-state index contributed by atoms with van der Waals surface area (Å²) in [5, 5.41) is 31.5. The van der Waals surface area contributed by atoms with Gasteiger partial charge in [-0.3, -0.25) is 4.90 Å². The van der Waals surface area contributed by atoms with Crippen LogP contribution in [-0.4, -0.2) is 73.7 Å². The summed E-state index contributed by atoms with van der Waals surface area (Å²) in [7, 11) is 1.58. The van der Waals surface area contributed by atoms with Gasteiger partial charge in [0.25, 0.3) is 0 Å². The summed E-state index contributed by atoms with van der Waals surface area (Å²) < 4.78 is 9.18. The van der Waals surface area contributed by atoms with Crippen LogP contribution in [0.25, 0.3) is 16.8 Å². The number of rotatable bonds is 4. The molecule has 0 spiro atoms. The number of fused-ring (bicyclic) bond motifs is 1. The first-order valence-electron chi connectivity index (χ1n) is 10.4. The van der Waals surface area contributed by atoms with E-state index >= 15 is 0 Å². The van der Waals surface area contributed by atoms with Crippen LogP contribution in [0, 0.1) is 29.7 Å². The van der Waals surface area contributed by atoms with Gasteiger partial charge in [-0.05, 0) is 25.8 Å². The largest absolute Gasteiger partial charge is 0.494 e. The number of methoxy groups -OCH3 is 1. The maximum Gasteiger partial charge on any atom is 0.179 e. The predicted molar refractivity (Wildman–Crippen MR) is 111 cm³/mol. The molecule has 0 bridgehead atoms. The number of pyridine rings is 1. The second-order valence-electron chi connectivity index (χ2n) is 8.15. The minimum atomic E-state index is 0.302. The molecule has 0 radical (unpaired) electrons. The standard InChI is InChI=1S/C21H23N9O/c1-14-20(15-7-19(31-2)21-16(8-22)9-24-29(21)10-15)25-26-30(14)18-11-28(12-18)17-3-5-27(13-23)6-4-17/h7,9-10,17-18H,3-6,11-12H2,1-2H3. The fourth-order valence-corrected chi connectivity index (χ4v) is 4.68. The average molecular weight is 417 g/mol. The Morgan fingerprint density at radius 1 is 1.16 bits per heavy atom. The molecule has 2 fully saturated rings. The Hall–Kier alpha value is -3.63. The maximum absolute atomic E-state index is 9.31. The van der Waals surface area contributed by atoms with Crippen molar-refractivity contribution in [2.45, 2.75) is 31.8 Å². The van der Waals surface area contributed by atoms with Gasteiger partial charge in [-0.15, -0.1) is 5.10 Å². The molecule has 0 atom stereocenters. The van der Waals surface area contributed by atoms with Crippen LogP contribution in [-0.2, 0) is 0 Å². The third-order valence-electron chi connectivity index (χ3n) is 6.48. The fourth-order valence-electron chi connectivity index (χ4n) is 4.68. The molecule has 2 aliphatic rings. The molecule has 158 valence electrons. The van der Waals surface area contributed by atoms with Crippen LogP contribution in [0.3, 0.4) is 0 Å². The number of likely N-dealkylation sites (tertiary alicyclic amines) is 2. The van der Waals surface area contributed by atoms with Gasteiger partial charge in [0.1, 0.15) is 28.6 Å². The average Bonchev–Trinajstić information content (AvgIpc) is 3.36. The highest BCUT2D eigenvalue weighted by Gasteiger charge is 2.36. The third kappa shape index (κ3) is 3.16. The van der Waals surface area contributed by atoms with E-state index in [1.165, 1.54) is 6.20 Å². The van der Waals surface area contributed by atoms with Crippen molar-refractivity contribution in [1.82, 2.24) is 34.4 Å². The van der Waals surface area contributed by atoms with Crippen molar-refractivity contribution in [1.29, 1.82) is 10.5 Å². The molecule has 0 N–H and O–H groups in total. The van der Waals surface area contributed by atoms with E-state index in [0.717, 1.165) is 56.0 Å². The molecule has 5 heterocycles. The number of nitriles is 2. The Bertz CT molecular complexity index is 1200. The van der Waals surface area contributed by atoms with Gasteiger partial charge in [0.15, 0.2) is 6.19 Å². The summed E-state index contributed by atoms with van der Waals surface area (Å²) in [5.74, 6) is 0.582.